The molecular weight excluding hydrogens is 448 g/mol. The van der Waals surface area contributed by atoms with E-state index in [2.05, 4.69) is 13.2 Å². The third-order valence-electron chi connectivity index (χ3n) is 4.59. The molecule has 0 bridgehead atoms. The highest BCUT2D eigenvalue weighted by atomic mass is 35.5. The van der Waals surface area contributed by atoms with Crippen molar-refractivity contribution in [1.29, 1.82) is 0 Å². The number of hydrogen-bond donors (Lipinski definition) is 0. The number of esters is 2. The summed E-state index contributed by atoms with van der Waals surface area (Å²) in [4.78, 5) is 33.4. The normalized spacial score (nSPS) is 10.2. The lowest BCUT2D eigenvalue weighted by Crippen LogP contribution is -2.05. The zero-order chi connectivity index (χ0) is 24.3. The smallest absolute Gasteiger partial charge is 0.330 e. The molecular formula is C25H33ClO7. The fourth-order valence-corrected chi connectivity index (χ4v) is 2.92. The van der Waals surface area contributed by atoms with Gasteiger partial charge in [-0.2, -0.15) is 0 Å². The lowest BCUT2D eigenvalue weighted by Gasteiger charge is -2.14. The van der Waals surface area contributed by atoms with Crippen LogP contribution in [0.1, 0.15) is 61.7 Å². The van der Waals surface area contributed by atoms with E-state index in [0.717, 1.165) is 63.5 Å². The Morgan fingerprint density at radius 1 is 0.697 bits per heavy atom. The molecule has 8 heteroatoms. The van der Waals surface area contributed by atoms with Crippen LogP contribution in [-0.2, 0) is 19.1 Å². The average Bonchev–Trinajstić information content (AvgIpc) is 2.82. The van der Waals surface area contributed by atoms with Crippen molar-refractivity contribution in [1.82, 2.24) is 0 Å². The topological polar surface area (TPSA) is 88.1 Å². The second-order valence-electron chi connectivity index (χ2n) is 7.20. The van der Waals surface area contributed by atoms with Crippen molar-refractivity contribution < 1.29 is 33.3 Å². The number of unbranched alkanes of at least 4 members (excludes halogenated alkanes) is 6. The molecule has 0 radical (unpaired) electrons. The maximum atomic E-state index is 11.5. The highest BCUT2D eigenvalue weighted by Crippen LogP contribution is 2.29. The van der Waals surface area contributed by atoms with Crippen molar-refractivity contribution in [3.05, 3.63) is 49.1 Å². The number of benzene rings is 1. The number of hydrogen-bond acceptors (Lipinski definition) is 7. The van der Waals surface area contributed by atoms with Crippen molar-refractivity contribution in [3.63, 3.8) is 0 Å². The van der Waals surface area contributed by atoms with Gasteiger partial charge in [0.2, 0.25) is 0 Å². The minimum atomic E-state index is -0.558. The molecule has 0 aromatic heterocycles. The summed E-state index contributed by atoms with van der Waals surface area (Å²) in [6, 6.07) is 4.89. The minimum absolute atomic E-state index is 0.345. The molecule has 7 nitrogen and oxygen atoms in total. The van der Waals surface area contributed by atoms with Crippen LogP contribution >= 0.6 is 11.6 Å². The van der Waals surface area contributed by atoms with E-state index in [0.29, 0.717) is 43.5 Å². The van der Waals surface area contributed by atoms with Crippen molar-refractivity contribution in [2.24, 2.45) is 0 Å². The average molecular weight is 481 g/mol. The molecule has 33 heavy (non-hydrogen) atoms. The number of carbonyl (C=O) groups is 3. The Kier molecular flexibility index (Phi) is 15.2. The maximum Gasteiger partial charge on any atom is 0.330 e. The van der Waals surface area contributed by atoms with E-state index in [1.807, 2.05) is 0 Å². The number of ether oxygens (including phenoxy) is 4. The number of rotatable bonds is 19. The second kappa shape index (κ2) is 17.7. The van der Waals surface area contributed by atoms with Gasteiger partial charge in [0, 0.05) is 17.7 Å². The van der Waals surface area contributed by atoms with Gasteiger partial charge in [-0.3, -0.25) is 4.79 Å². The highest BCUT2D eigenvalue weighted by molar-refractivity contribution is 6.67. The Morgan fingerprint density at radius 2 is 1.15 bits per heavy atom. The van der Waals surface area contributed by atoms with Crippen LogP contribution in [0.2, 0.25) is 0 Å². The van der Waals surface area contributed by atoms with E-state index in [9.17, 15) is 14.4 Å². The summed E-state index contributed by atoms with van der Waals surface area (Å²) in [5.41, 5.74) is 0.345. The van der Waals surface area contributed by atoms with Gasteiger partial charge in [0.15, 0.2) is 11.5 Å². The number of halogens is 1. The fourth-order valence-electron chi connectivity index (χ4n) is 2.81. The molecule has 0 aliphatic heterocycles. The van der Waals surface area contributed by atoms with Crippen LogP contribution < -0.4 is 9.47 Å². The van der Waals surface area contributed by atoms with Crippen LogP contribution in [0.15, 0.2) is 43.5 Å². The van der Waals surface area contributed by atoms with Gasteiger partial charge in [0.05, 0.1) is 26.4 Å². The van der Waals surface area contributed by atoms with Crippen LogP contribution in [0, 0.1) is 0 Å². The zero-order valence-electron chi connectivity index (χ0n) is 19.0. The Balaban J connectivity index is 2.33. The molecule has 0 saturated heterocycles. The van der Waals surface area contributed by atoms with Gasteiger partial charge in [0.25, 0.3) is 5.24 Å². The third-order valence-corrected chi connectivity index (χ3v) is 4.80. The summed E-state index contributed by atoms with van der Waals surface area (Å²) in [5, 5.41) is -0.558. The van der Waals surface area contributed by atoms with Crippen LogP contribution in [0.4, 0.5) is 0 Å². The van der Waals surface area contributed by atoms with Crippen LogP contribution in [0.3, 0.4) is 0 Å². The van der Waals surface area contributed by atoms with Crippen LogP contribution in [0.25, 0.3) is 0 Å². The van der Waals surface area contributed by atoms with Crippen molar-refractivity contribution in [3.8, 4) is 11.5 Å². The first-order valence-electron chi connectivity index (χ1n) is 11.2. The largest absolute Gasteiger partial charge is 0.490 e. The summed E-state index contributed by atoms with van der Waals surface area (Å²) >= 11 is 5.59. The monoisotopic (exact) mass is 480 g/mol. The summed E-state index contributed by atoms with van der Waals surface area (Å²) < 4.78 is 21.6. The Labute approximate surface area is 200 Å². The van der Waals surface area contributed by atoms with E-state index in [1.165, 1.54) is 0 Å². The fraction of sp³-hybridized carbons (Fsp3) is 0.480. The van der Waals surface area contributed by atoms with Crippen molar-refractivity contribution >= 4 is 28.8 Å². The van der Waals surface area contributed by atoms with Crippen molar-refractivity contribution in [2.45, 2.75) is 51.4 Å². The molecule has 182 valence electrons. The van der Waals surface area contributed by atoms with Gasteiger partial charge >= 0.3 is 11.9 Å². The van der Waals surface area contributed by atoms with Gasteiger partial charge in [-0.05, 0) is 81.2 Å². The SMILES string of the molecule is C=CC(=O)OCCCCCCOc1ccc(C(=O)Cl)cc1OCCCCCCOC(=O)C=C. The minimum Gasteiger partial charge on any atom is -0.490 e. The van der Waals surface area contributed by atoms with E-state index in [-0.39, 0.29) is 0 Å². The Morgan fingerprint density at radius 3 is 1.61 bits per heavy atom. The molecule has 0 amide bonds. The molecule has 0 saturated carbocycles. The van der Waals surface area contributed by atoms with Crippen LogP contribution in [0.5, 0.6) is 11.5 Å². The molecule has 1 aromatic carbocycles. The van der Waals surface area contributed by atoms with E-state index < -0.39 is 17.2 Å². The summed E-state index contributed by atoms with van der Waals surface area (Å²) in [6.07, 6.45) is 9.19. The highest BCUT2D eigenvalue weighted by Gasteiger charge is 2.10. The lowest BCUT2D eigenvalue weighted by molar-refractivity contribution is -0.138. The second-order valence-corrected chi connectivity index (χ2v) is 7.55. The summed E-state index contributed by atoms with van der Waals surface area (Å²) in [5.74, 6) is 0.234. The van der Waals surface area contributed by atoms with E-state index in [1.54, 1.807) is 18.2 Å². The summed E-state index contributed by atoms with van der Waals surface area (Å²) in [7, 11) is 0. The first kappa shape index (κ1) is 28.2. The van der Waals surface area contributed by atoms with Gasteiger partial charge in [0.1, 0.15) is 0 Å². The first-order valence-corrected chi connectivity index (χ1v) is 11.5. The van der Waals surface area contributed by atoms with E-state index >= 15 is 0 Å². The molecule has 0 fully saturated rings. The van der Waals surface area contributed by atoms with Gasteiger partial charge < -0.3 is 18.9 Å². The van der Waals surface area contributed by atoms with E-state index in [4.69, 9.17) is 30.5 Å². The Bertz CT molecular complexity index is 776. The zero-order valence-corrected chi connectivity index (χ0v) is 19.8. The predicted octanol–water partition coefficient (Wildman–Crippen LogP) is 5.40. The molecule has 0 unspecified atom stereocenters. The lowest BCUT2D eigenvalue weighted by atomic mass is 10.2. The predicted molar refractivity (Wildman–Crippen MR) is 127 cm³/mol. The summed E-state index contributed by atoms with van der Waals surface area (Å²) in [6.45, 7) is 8.43. The van der Waals surface area contributed by atoms with Gasteiger partial charge in [-0.25, -0.2) is 9.59 Å². The molecule has 0 aliphatic carbocycles. The molecule has 0 heterocycles. The van der Waals surface area contributed by atoms with Crippen LogP contribution in [-0.4, -0.2) is 43.6 Å². The molecule has 0 spiro atoms. The third kappa shape index (κ3) is 13.4. The molecule has 0 aliphatic rings. The first-order chi connectivity index (χ1) is 16.0. The van der Waals surface area contributed by atoms with Gasteiger partial charge in [-0.1, -0.05) is 13.2 Å². The molecule has 1 rings (SSSR count). The molecule has 1 aromatic rings. The maximum absolute atomic E-state index is 11.5. The Hall–Kier alpha value is -2.80. The molecule has 0 N–H and O–H groups in total. The quantitative estimate of drug-likeness (QED) is 0.113. The standard InChI is InChI=1S/C25H33ClO7/c1-3-23(27)32-17-11-7-5-9-15-30-21-14-13-20(25(26)29)19-22(21)31-16-10-6-8-12-18-33-24(28)4-2/h3-4,13-14,19H,1-2,5-12,15-18H2. The molecule has 0 atom stereocenters. The van der Waals surface area contributed by atoms with Gasteiger partial charge in [-0.15, -0.1) is 0 Å². The number of carbonyl (C=O) groups excluding carboxylic acids is 3. The van der Waals surface area contributed by atoms with Crippen molar-refractivity contribution in [2.75, 3.05) is 26.4 Å².